The third-order valence-electron chi connectivity index (χ3n) is 5.62. The Balaban J connectivity index is 0.00000181. The minimum Gasteiger partial charge on any atom is -0.587 e. The van der Waals surface area contributed by atoms with E-state index in [1.54, 1.807) is 12.1 Å². The Hall–Kier alpha value is -1.68. The Bertz CT molecular complexity index is 1580. The van der Waals surface area contributed by atoms with Crippen molar-refractivity contribution in [1.29, 1.82) is 5.26 Å². The smallest absolute Gasteiger partial charge is 0.587 e. The topological polar surface area (TPSA) is 72.0 Å². The predicted molar refractivity (Wildman–Crippen MR) is 112 cm³/mol. The summed E-state index contributed by atoms with van der Waals surface area (Å²) in [7, 11) is 0. The molecule has 2 amide bonds. The van der Waals surface area contributed by atoms with Gasteiger partial charge in [0.15, 0.2) is 0 Å². The van der Waals surface area contributed by atoms with Gasteiger partial charge in [-0.2, -0.15) is 5.26 Å². The van der Waals surface area contributed by atoms with Crippen LogP contribution in [-0.2, 0) is 0 Å². The number of fused-ring (bicyclic) bond motifs is 2. The fraction of sp³-hybridized carbons (Fsp3) is 0. The van der Waals surface area contributed by atoms with E-state index >= 15 is 0 Å². The maximum atomic E-state index is 12.4. The van der Waals surface area contributed by atoms with Crippen molar-refractivity contribution in [1.82, 2.24) is 0 Å². The van der Waals surface area contributed by atoms with Crippen LogP contribution in [0.5, 0.6) is 0 Å². The molecule has 0 aliphatic carbocycles. The van der Waals surface area contributed by atoms with E-state index in [1.165, 1.54) is 0 Å². The summed E-state index contributed by atoms with van der Waals surface area (Å²) in [5.74, 6) is -1.03. The summed E-state index contributed by atoms with van der Waals surface area (Å²) in [5.41, 5.74) is 1.42. The third-order valence-corrected chi connectivity index (χ3v) is 6.28. The van der Waals surface area contributed by atoms with E-state index in [9.17, 15) is 14.9 Å². The van der Waals surface area contributed by atoms with Gasteiger partial charge in [0, 0.05) is 31.8 Å². The molecule has 0 unspecified atom stereocenters. The quantitative estimate of drug-likeness (QED) is 0.183. The molecule has 4 nitrogen and oxygen atoms in total. The first-order chi connectivity index (χ1) is 13.6. The number of carbonyl (C=O) groups excluding carboxylic acids is 2. The summed E-state index contributed by atoms with van der Waals surface area (Å²) in [6.07, 6.45) is 0. The molecule has 29 heavy (non-hydrogen) atoms. The van der Waals surface area contributed by atoms with Gasteiger partial charge in [0.2, 0.25) is 0 Å². The SMILES string of the molecule is N#Cc1ccc2ccc(Br)c3c4ccc5c6c(ccc(c1c23)c64)C(=O)[N-]C5=O.[Rb+]. The molecule has 0 spiro atoms. The third kappa shape index (κ3) is 2.41. The van der Waals surface area contributed by atoms with Gasteiger partial charge in [-0.3, -0.25) is 0 Å². The average Bonchev–Trinajstić information content (AvgIpc) is 2.71. The molecule has 0 N–H and O–H groups in total. The zero-order chi connectivity index (χ0) is 19.2. The molecule has 1 aliphatic heterocycles. The molecule has 0 saturated heterocycles. The Labute approximate surface area is 222 Å². The largest absolute Gasteiger partial charge is 1.00 e. The summed E-state index contributed by atoms with van der Waals surface area (Å²) in [6.45, 7) is 0. The van der Waals surface area contributed by atoms with Gasteiger partial charge in [0.05, 0.1) is 23.4 Å². The van der Waals surface area contributed by atoms with Crippen LogP contribution < -0.4 is 58.2 Å². The van der Waals surface area contributed by atoms with Crippen molar-refractivity contribution in [2.45, 2.75) is 0 Å². The van der Waals surface area contributed by atoms with Gasteiger partial charge in [0.1, 0.15) is 0 Å². The zero-order valence-corrected chi connectivity index (χ0v) is 21.7. The Kier molecular flexibility index (Phi) is 4.43. The van der Waals surface area contributed by atoms with Gasteiger partial charge in [-0.05, 0) is 39.1 Å². The minimum atomic E-state index is -0.516. The number of rotatable bonds is 0. The summed E-state index contributed by atoms with van der Waals surface area (Å²) in [5, 5.41) is 20.5. The first-order valence-corrected chi connectivity index (χ1v) is 9.45. The number of halogens is 1. The molecule has 5 aromatic carbocycles. The van der Waals surface area contributed by atoms with E-state index < -0.39 is 11.8 Å². The fourth-order valence-electron chi connectivity index (χ4n) is 4.51. The number of benzene rings is 5. The maximum absolute atomic E-state index is 12.4. The molecule has 130 valence electrons. The molecular weight excluding hydrogens is 502 g/mol. The Morgan fingerprint density at radius 3 is 2.00 bits per heavy atom. The number of nitriles is 1. The predicted octanol–water partition coefficient (Wildman–Crippen LogP) is 3.04. The zero-order valence-electron chi connectivity index (χ0n) is 15.2. The molecule has 0 fully saturated rings. The van der Waals surface area contributed by atoms with Gasteiger partial charge in [-0.25, -0.2) is 0 Å². The van der Waals surface area contributed by atoms with Gasteiger partial charge < -0.3 is 14.9 Å². The fourth-order valence-corrected chi connectivity index (χ4v) is 5.05. The number of amides is 2. The van der Waals surface area contributed by atoms with Crippen molar-refractivity contribution in [2.24, 2.45) is 0 Å². The van der Waals surface area contributed by atoms with Crippen LogP contribution in [0.25, 0.3) is 48.4 Å². The van der Waals surface area contributed by atoms with Crippen LogP contribution in [0.15, 0.2) is 53.0 Å². The molecule has 0 aromatic heterocycles. The number of hydrogen-bond donors (Lipinski definition) is 0. The molecule has 1 aliphatic rings. The first-order valence-electron chi connectivity index (χ1n) is 8.66. The van der Waals surface area contributed by atoms with Gasteiger partial charge in [0.25, 0.3) is 0 Å². The molecule has 0 saturated carbocycles. The Morgan fingerprint density at radius 2 is 1.34 bits per heavy atom. The number of imide groups is 1. The van der Waals surface area contributed by atoms with E-state index in [0.717, 1.165) is 42.2 Å². The second kappa shape index (κ2) is 6.66. The van der Waals surface area contributed by atoms with E-state index in [4.69, 9.17) is 0 Å². The molecule has 5 aromatic rings. The van der Waals surface area contributed by atoms with Crippen molar-refractivity contribution < 1.29 is 67.8 Å². The van der Waals surface area contributed by atoms with Crippen LogP contribution in [0.1, 0.15) is 26.3 Å². The average molecular weight is 510 g/mol. The van der Waals surface area contributed by atoms with Gasteiger partial charge >= 0.3 is 58.2 Å². The summed E-state index contributed by atoms with van der Waals surface area (Å²) >= 11 is 3.67. The first kappa shape index (κ1) is 19.3. The molecule has 0 radical (unpaired) electrons. The standard InChI is InChI=1S/C23H9BrN2O2.Rb/c24-16-8-3-10-1-2-11(9-25)17-12-4-6-14-20-15(23(28)26-22(14)27)7-5-13(19(12)20)21(16)18(10)17;/h1-8H,(H,26,27,28);/q;+1/p-1. The maximum Gasteiger partial charge on any atom is 1.00 e. The van der Waals surface area contributed by atoms with Crippen molar-refractivity contribution in [2.75, 3.05) is 0 Å². The number of carbonyl (C=O) groups is 2. The summed E-state index contributed by atoms with van der Waals surface area (Å²) < 4.78 is 0.904. The van der Waals surface area contributed by atoms with Crippen molar-refractivity contribution >= 4 is 70.8 Å². The van der Waals surface area contributed by atoms with Crippen LogP contribution in [0.3, 0.4) is 0 Å². The second-order valence-electron chi connectivity index (χ2n) is 6.91. The second-order valence-corrected chi connectivity index (χ2v) is 7.77. The molecule has 1 heterocycles. The van der Waals surface area contributed by atoms with Crippen molar-refractivity contribution in [3.05, 3.63) is 75.0 Å². The monoisotopic (exact) mass is 508 g/mol. The Morgan fingerprint density at radius 1 is 0.724 bits per heavy atom. The molecule has 0 bridgehead atoms. The molecular formula is C23H8BrN2O2Rb. The van der Waals surface area contributed by atoms with E-state index in [1.807, 2.05) is 36.4 Å². The molecule has 0 atom stereocenters. The molecule has 6 rings (SSSR count). The van der Waals surface area contributed by atoms with Crippen molar-refractivity contribution in [3.63, 3.8) is 0 Å². The van der Waals surface area contributed by atoms with Crippen LogP contribution >= 0.6 is 15.9 Å². The van der Waals surface area contributed by atoms with Crippen LogP contribution in [0.4, 0.5) is 0 Å². The van der Waals surface area contributed by atoms with E-state index in [0.29, 0.717) is 22.1 Å². The molecule has 6 heteroatoms. The minimum absolute atomic E-state index is 0. The van der Waals surface area contributed by atoms with Gasteiger partial charge in [-0.1, -0.05) is 52.3 Å². The van der Waals surface area contributed by atoms with Crippen molar-refractivity contribution in [3.8, 4) is 6.07 Å². The van der Waals surface area contributed by atoms with Crippen LogP contribution in [0.2, 0.25) is 0 Å². The number of nitrogens with zero attached hydrogens (tertiary/aromatic N) is 2. The van der Waals surface area contributed by atoms with E-state index in [2.05, 4.69) is 27.3 Å². The van der Waals surface area contributed by atoms with Gasteiger partial charge in [-0.15, -0.1) is 0 Å². The van der Waals surface area contributed by atoms with E-state index in [-0.39, 0.29) is 58.2 Å². The van der Waals surface area contributed by atoms with Crippen LogP contribution in [-0.4, -0.2) is 11.8 Å². The summed E-state index contributed by atoms with van der Waals surface area (Å²) in [6, 6.07) is 17.3. The van der Waals surface area contributed by atoms with Crippen LogP contribution in [0, 0.1) is 11.3 Å². The normalized spacial score (nSPS) is 13.1. The number of hydrogen-bond acceptors (Lipinski definition) is 3. The summed E-state index contributed by atoms with van der Waals surface area (Å²) in [4.78, 5) is 24.8.